The topological polar surface area (TPSA) is 96.5 Å². The molecule has 2 amide bonds. The molecule has 1 aliphatic rings. The van der Waals surface area contributed by atoms with Crippen molar-refractivity contribution in [2.24, 2.45) is 0 Å². The number of hydrogen-bond acceptors (Lipinski definition) is 6. The summed E-state index contributed by atoms with van der Waals surface area (Å²) in [6, 6.07) is 13.8. The van der Waals surface area contributed by atoms with Gasteiger partial charge in [-0.15, -0.1) is 0 Å². The van der Waals surface area contributed by atoms with Gasteiger partial charge in [0.25, 0.3) is 11.8 Å². The number of rotatable bonds is 5. The first-order valence-corrected chi connectivity index (χ1v) is 10.5. The SMILES string of the molecule is CC1CN(c2ccc(C(=O)Nc3ccc(C(=O)Nc4cccnc4)cc3)cn2)CC(C)O1. The summed E-state index contributed by atoms with van der Waals surface area (Å²) in [4.78, 5) is 35.5. The Morgan fingerprint density at radius 2 is 1.53 bits per heavy atom. The smallest absolute Gasteiger partial charge is 0.257 e. The van der Waals surface area contributed by atoms with Crippen molar-refractivity contribution in [2.75, 3.05) is 28.6 Å². The minimum atomic E-state index is -0.264. The standard InChI is InChI=1S/C24H25N5O3/c1-16-14-29(15-17(2)32-16)22-10-7-19(12-26-22)24(31)27-20-8-5-18(6-9-20)23(30)28-21-4-3-11-25-13-21/h3-13,16-17H,14-15H2,1-2H3,(H,27,31)(H,28,30). The van der Waals surface area contributed by atoms with Crippen molar-refractivity contribution in [2.45, 2.75) is 26.1 Å². The van der Waals surface area contributed by atoms with E-state index in [1.54, 1.807) is 61.1 Å². The lowest BCUT2D eigenvalue weighted by atomic mass is 10.1. The number of benzene rings is 1. The minimum Gasteiger partial charge on any atom is -0.372 e. The van der Waals surface area contributed by atoms with E-state index in [-0.39, 0.29) is 24.0 Å². The van der Waals surface area contributed by atoms with Gasteiger partial charge in [0.1, 0.15) is 5.82 Å². The third-order valence-corrected chi connectivity index (χ3v) is 5.08. The highest BCUT2D eigenvalue weighted by molar-refractivity contribution is 6.06. The van der Waals surface area contributed by atoms with E-state index in [9.17, 15) is 9.59 Å². The fraction of sp³-hybridized carbons (Fsp3) is 0.250. The van der Waals surface area contributed by atoms with Crippen LogP contribution in [-0.4, -0.2) is 47.1 Å². The van der Waals surface area contributed by atoms with Gasteiger partial charge < -0.3 is 20.3 Å². The maximum Gasteiger partial charge on any atom is 0.257 e. The first-order chi connectivity index (χ1) is 15.5. The Kier molecular flexibility index (Phi) is 6.42. The number of ether oxygens (including phenoxy) is 1. The minimum absolute atomic E-state index is 0.137. The van der Waals surface area contributed by atoms with Gasteiger partial charge in [0, 0.05) is 36.7 Å². The van der Waals surface area contributed by atoms with Crippen LogP contribution in [-0.2, 0) is 4.74 Å². The van der Waals surface area contributed by atoms with Crippen LogP contribution in [0.25, 0.3) is 0 Å². The molecule has 164 valence electrons. The van der Waals surface area contributed by atoms with Crippen molar-refractivity contribution in [3.05, 3.63) is 78.2 Å². The van der Waals surface area contributed by atoms with Crippen molar-refractivity contribution in [1.82, 2.24) is 9.97 Å². The normalized spacial score (nSPS) is 18.1. The summed E-state index contributed by atoms with van der Waals surface area (Å²) < 4.78 is 5.76. The number of hydrogen-bond donors (Lipinski definition) is 2. The monoisotopic (exact) mass is 431 g/mol. The molecule has 1 fully saturated rings. The van der Waals surface area contributed by atoms with Crippen molar-refractivity contribution in [3.63, 3.8) is 0 Å². The van der Waals surface area contributed by atoms with Gasteiger partial charge in [-0.25, -0.2) is 4.98 Å². The second-order valence-electron chi connectivity index (χ2n) is 7.79. The third kappa shape index (κ3) is 5.28. The third-order valence-electron chi connectivity index (χ3n) is 5.08. The van der Waals surface area contributed by atoms with E-state index >= 15 is 0 Å². The average Bonchev–Trinajstić information content (AvgIpc) is 2.79. The van der Waals surface area contributed by atoms with Crippen LogP contribution in [0.4, 0.5) is 17.2 Å². The molecule has 3 aromatic rings. The van der Waals surface area contributed by atoms with Gasteiger partial charge in [0.2, 0.25) is 0 Å². The zero-order valence-corrected chi connectivity index (χ0v) is 18.0. The van der Waals surface area contributed by atoms with Crippen molar-refractivity contribution in [3.8, 4) is 0 Å². The summed E-state index contributed by atoms with van der Waals surface area (Å²) in [5.74, 6) is 0.315. The lowest BCUT2D eigenvalue weighted by molar-refractivity contribution is -0.00546. The van der Waals surface area contributed by atoms with Crippen LogP contribution in [0.5, 0.6) is 0 Å². The maximum absolute atomic E-state index is 12.6. The molecule has 2 unspecified atom stereocenters. The zero-order valence-electron chi connectivity index (χ0n) is 18.0. The summed E-state index contributed by atoms with van der Waals surface area (Å²) >= 11 is 0. The Balaban J connectivity index is 1.36. The molecule has 4 rings (SSSR count). The molecule has 0 saturated carbocycles. The molecular weight excluding hydrogens is 406 g/mol. The molecule has 0 spiro atoms. The quantitative estimate of drug-likeness (QED) is 0.641. The number of anilines is 3. The number of nitrogens with one attached hydrogen (secondary N) is 2. The summed E-state index contributed by atoms with van der Waals surface area (Å²) in [5, 5.41) is 5.61. The Morgan fingerprint density at radius 3 is 2.16 bits per heavy atom. The number of amides is 2. The summed E-state index contributed by atoms with van der Waals surface area (Å²) in [6.07, 6.45) is 5.06. The Labute approximate surface area is 186 Å². The first kappa shape index (κ1) is 21.5. The molecular formula is C24H25N5O3. The van der Waals surface area contributed by atoms with Gasteiger partial charge in [-0.1, -0.05) is 0 Å². The van der Waals surface area contributed by atoms with E-state index in [0.29, 0.717) is 22.5 Å². The summed E-state index contributed by atoms with van der Waals surface area (Å²) in [7, 11) is 0. The highest BCUT2D eigenvalue weighted by atomic mass is 16.5. The molecule has 1 saturated heterocycles. The van der Waals surface area contributed by atoms with Crippen molar-refractivity contribution < 1.29 is 14.3 Å². The first-order valence-electron chi connectivity index (χ1n) is 10.5. The fourth-order valence-electron chi connectivity index (χ4n) is 3.62. The van der Waals surface area contributed by atoms with E-state index in [4.69, 9.17) is 4.74 Å². The summed E-state index contributed by atoms with van der Waals surface area (Å²) in [5.41, 5.74) is 2.15. The van der Waals surface area contributed by atoms with Crippen molar-refractivity contribution >= 4 is 29.0 Å². The van der Waals surface area contributed by atoms with E-state index in [0.717, 1.165) is 18.9 Å². The Bertz CT molecular complexity index is 1060. The van der Waals surface area contributed by atoms with Crippen LogP contribution in [0, 0.1) is 0 Å². The highest BCUT2D eigenvalue weighted by Crippen LogP contribution is 2.19. The Morgan fingerprint density at radius 1 is 0.875 bits per heavy atom. The van der Waals surface area contributed by atoms with E-state index in [1.807, 2.05) is 19.9 Å². The number of carbonyl (C=O) groups excluding carboxylic acids is 2. The molecule has 1 aromatic carbocycles. The maximum atomic E-state index is 12.6. The van der Waals surface area contributed by atoms with Crippen LogP contribution in [0.15, 0.2) is 67.1 Å². The molecule has 2 atom stereocenters. The average molecular weight is 431 g/mol. The van der Waals surface area contributed by atoms with Gasteiger partial charge in [0.05, 0.1) is 29.7 Å². The highest BCUT2D eigenvalue weighted by Gasteiger charge is 2.23. The second kappa shape index (κ2) is 9.57. The molecule has 0 radical (unpaired) electrons. The molecule has 0 aliphatic carbocycles. The number of aromatic nitrogens is 2. The Hall–Kier alpha value is -3.78. The van der Waals surface area contributed by atoms with Crippen LogP contribution >= 0.6 is 0 Å². The van der Waals surface area contributed by atoms with Gasteiger partial charge in [0.15, 0.2) is 0 Å². The van der Waals surface area contributed by atoms with Crippen LogP contribution in [0.3, 0.4) is 0 Å². The molecule has 3 heterocycles. The predicted molar refractivity (Wildman–Crippen MR) is 123 cm³/mol. The lowest BCUT2D eigenvalue weighted by Gasteiger charge is -2.36. The largest absolute Gasteiger partial charge is 0.372 e. The van der Waals surface area contributed by atoms with E-state index < -0.39 is 0 Å². The molecule has 0 bridgehead atoms. The predicted octanol–water partition coefficient (Wildman–Crippen LogP) is 3.59. The summed E-state index contributed by atoms with van der Waals surface area (Å²) in [6.45, 7) is 5.61. The second-order valence-corrected chi connectivity index (χ2v) is 7.79. The molecule has 1 aliphatic heterocycles. The zero-order chi connectivity index (χ0) is 22.5. The van der Waals surface area contributed by atoms with Gasteiger partial charge in [-0.3, -0.25) is 14.6 Å². The molecule has 8 heteroatoms. The molecule has 32 heavy (non-hydrogen) atoms. The molecule has 8 nitrogen and oxygen atoms in total. The molecule has 2 N–H and O–H groups in total. The van der Waals surface area contributed by atoms with Crippen LogP contribution in [0.2, 0.25) is 0 Å². The number of pyridine rings is 2. The number of morpholine rings is 1. The number of carbonyl (C=O) groups is 2. The lowest BCUT2D eigenvalue weighted by Crippen LogP contribution is -2.45. The molecule has 2 aromatic heterocycles. The van der Waals surface area contributed by atoms with Gasteiger partial charge >= 0.3 is 0 Å². The van der Waals surface area contributed by atoms with E-state index in [1.165, 1.54) is 0 Å². The fourth-order valence-corrected chi connectivity index (χ4v) is 3.62. The van der Waals surface area contributed by atoms with Crippen molar-refractivity contribution in [1.29, 1.82) is 0 Å². The van der Waals surface area contributed by atoms with Gasteiger partial charge in [-0.05, 0) is 62.4 Å². The number of nitrogens with zero attached hydrogens (tertiary/aromatic N) is 3. The van der Waals surface area contributed by atoms with E-state index in [2.05, 4.69) is 25.5 Å². The van der Waals surface area contributed by atoms with Crippen LogP contribution < -0.4 is 15.5 Å². The van der Waals surface area contributed by atoms with Crippen LogP contribution in [0.1, 0.15) is 34.6 Å². The van der Waals surface area contributed by atoms with Gasteiger partial charge in [-0.2, -0.15) is 0 Å².